The van der Waals surface area contributed by atoms with Gasteiger partial charge in [0.25, 0.3) is 0 Å². The molecule has 1 rings (SSSR count). The highest BCUT2D eigenvalue weighted by Crippen LogP contribution is 2.34. The van der Waals surface area contributed by atoms with Crippen molar-refractivity contribution < 1.29 is 14.7 Å². The molecule has 1 N–H and O–H groups in total. The Bertz CT molecular complexity index is 427. The van der Waals surface area contributed by atoms with Crippen molar-refractivity contribution >= 4 is 11.8 Å². The lowest BCUT2D eigenvalue weighted by atomic mass is 9.89. The number of hydrogen-bond acceptors (Lipinski definition) is 2. The van der Waals surface area contributed by atoms with E-state index in [1.807, 2.05) is 0 Å². The smallest absolute Gasteiger partial charge is 0.303 e. The fraction of sp³-hybridized carbons (Fsp3) is 0.833. The molecule has 1 saturated carbocycles. The number of carboxylic acids is 1. The first kappa shape index (κ1) is 23.9. The van der Waals surface area contributed by atoms with Crippen molar-refractivity contribution in [1.82, 2.24) is 0 Å². The number of carbonyl (C=O) groups excluding carboxylic acids is 1. The van der Waals surface area contributed by atoms with Gasteiger partial charge < -0.3 is 5.11 Å². The molecule has 3 heteroatoms. The first-order chi connectivity index (χ1) is 13.1. The molecule has 0 aromatic carbocycles. The quantitative estimate of drug-likeness (QED) is 0.217. The zero-order valence-electron chi connectivity index (χ0n) is 17.6. The van der Waals surface area contributed by atoms with Crippen molar-refractivity contribution in [3.8, 4) is 0 Å². The van der Waals surface area contributed by atoms with E-state index in [1.165, 1.54) is 51.4 Å². The number of rotatable bonds is 17. The van der Waals surface area contributed by atoms with E-state index in [9.17, 15) is 9.59 Å². The molecule has 27 heavy (non-hydrogen) atoms. The van der Waals surface area contributed by atoms with Crippen LogP contribution in [0.2, 0.25) is 0 Å². The lowest BCUT2D eigenvalue weighted by molar-refractivity contribution is -0.137. The molecule has 3 nitrogen and oxygen atoms in total. The Morgan fingerprint density at radius 3 is 2.30 bits per heavy atom. The lowest BCUT2D eigenvalue weighted by Gasteiger charge is -2.14. The number of allylic oxidation sites excluding steroid dienone is 2. The summed E-state index contributed by atoms with van der Waals surface area (Å²) in [4.78, 5) is 22.7. The molecule has 0 aliphatic heterocycles. The van der Waals surface area contributed by atoms with Crippen molar-refractivity contribution in [3.05, 3.63) is 12.2 Å². The van der Waals surface area contributed by atoms with E-state index in [4.69, 9.17) is 5.11 Å². The van der Waals surface area contributed by atoms with E-state index in [-0.39, 0.29) is 12.3 Å². The average molecular weight is 379 g/mol. The van der Waals surface area contributed by atoms with Gasteiger partial charge in [-0.1, -0.05) is 83.3 Å². The molecule has 0 aromatic rings. The Hall–Kier alpha value is -1.12. The van der Waals surface area contributed by atoms with Gasteiger partial charge in [0, 0.05) is 18.8 Å². The first-order valence-corrected chi connectivity index (χ1v) is 11.6. The lowest BCUT2D eigenvalue weighted by Crippen LogP contribution is -2.13. The van der Waals surface area contributed by atoms with Crippen LogP contribution in [0.3, 0.4) is 0 Å². The standard InChI is InChI=1S/C24H42O3/c1-2-3-4-5-6-7-8-9-10-13-16-21-19-20-23(25)22(21)17-14-11-12-15-18-24(26)27/h13,16,21-22H,2-12,14-15,17-20H2,1H3,(H,26,27)/t21-,22+/m0/s1. The molecule has 0 aromatic heterocycles. The Balaban J connectivity index is 2.09. The Kier molecular flexibility index (Phi) is 14.1. The van der Waals surface area contributed by atoms with Crippen molar-refractivity contribution in [3.63, 3.8) is 0 Å². The SMILES string of the molecule is CCCCCCCCCCC=C[C@H]1CCC(=O)[C@@H]1CCCCCCC(=O)O. The van der Waals surface area contributed by atoms with Crippen molar-refractivity contribution in [2.75, 3.05) is 0 Å². The summed E-state index contributed by atoms with van der Waals surface area (Å²) in [5, 5.41) is 8.65. The molecular weight excluding hydrogens is 336 g/mol. The van der Waals surface area contributed by atoms with E-state index < -0.39 is 5.97 Å². The van der Waals surface area contributed by atoms with Crippen LogP contribution in [-0.2, 0) is 9.59 Å². The zero-order chi connectivity index (χ0) is 19.7. The maximum absolute atomic E-state index is 12.2. The topological polar surface area (TPSA) is 54.4 Å². The monoisotopic (exact) mass is 378 g/mol. The highest BCUT2D eigenvalue weighted by atomic mass is 16.4. The van der Waals surface area contributed by atoms with E-state index in [0.717, 1.165) is 51.4 Å². The Morgan fingerprint density at radius 2 is 1.59 bits per heavy atom. The van der Waals surface area contributed by atoms with Crippen LogP contribution >= 0.6 is 0 Å². The minimum Gasteiger partial charge on any atom is -0.481 e. The normalized spacial score (nSPS) is 20.0. The molecule has 0 unspecified atom stereocenters. The first-order valence-electron chi connectivity index (χ1n) is 11.6. The van der Waals surface area contributed by atoms with Crippen LogP contribution in [0.15, 0.2) is 12.2 Å². The van der Waals surface area contributed by atoms with Crippen LogP contribution in [0.5, 0.6) is 0 Å². The summed E-state index contributed by atoms with van der Waals surface area (Å²) in [6.45, 7) is 2.26. The molecule has 0 radical (unpaired) electrons. The van der Waals surface area contributed by atoms with E-state index in [2.05, 4.69) is 19.1 Å². The molecule has 1 fully saturated rings. The van der Waals surface area contributed by atoms with Crippen LogP contribution in [0.4, 0.5) is 0 Å². The van der Waals surface area contributed by atoms with Crippen molar-refractivity contribution in [2.24, 2.45) is 11.8 Å². The number of Topliss-reactive ketones (excluding diaryl/α,β-unsaturated/α-hetero) is 1. The van der Waals surface area contributed by atoms with Gasteiger partial charge in [-0.15, -0.1) is 0 Å². The molecule has 0 bridgehead atoms. The number of carbonyl (C=O) groups is 2. The number of ketones is 1. The molecule has 0 amide bonds. The van der Waals surface area contributed by atoms with Gasteiger partial charge in [-0.3, -0.25) is 9.59 Å². The third kappa shape index (κ3) is 12.0. The Labute approximate surface area is 167 Å². The second-order valence-electron chi connectivity index (χ2n) is 8.31. The van der Waals surface area contributed by atoms with Crippen LogP contribution in [0, 0.1) is 11.8 Å². The second kappa shape index (κ2) is 15.9. The second-order valence-corrected chi connectivity index (χ2v) is 8.31. The van der Waals surface area contributed by atoms with Gasteiger partial charge >= 0.3 is 5.97 Å². The van der Waals surface area contributed by atoms with Gasteiger partial charge in [0.1, 0.15) is 5.78 Å². The van der Waals surface area contributed by atoms with Gasteiger partial charge in [0.05, 0.1) is 0 Å². The molecule has 0 spiro atoms. The predicted molar refractivity (Wildman–Crippen MR) is 113 cm³/mol. The van der Waals surface area contributed by atoms with Gasteiger partial charge in [0.2, 0.25) is 0 Å². The van der Waals surface area contributed by atoms with Gasteiger partial charge in [-0.05, 0) is 38.0 Å². The average Bonchev–Trinajstić information content (AvgIpc) is 2.99. The zero-order valence-corrected chi connectivity index (χ0v) is 17.6. The number of unbranched alkanes of at least 4 members (excludes halogenated alkanes) is 11. The van der Waals surface area contributed by atoms with Crippen molar-refractivity contribution in [2.45, 2.75) is 116 Å². The summed E-state index contributed by atoms with van der Waals surface area (Å²) >= 11 is 0. The maximum Gasteiger partial charge on any atom is 0.303 e. The Morgan fingerprint density at radius 1 is 0.963 bits per heavy atom. The van der Waals surface area contributed by atoms with Crippen LogP contribution in [0.25, 0.3) is 0 Å². The molecule has 2 atom stereocenters. The summed E-state index contributed by atoms with van der Waals surface area (Å²) in [5.41, 5.74) is 0. The molecule has 0 heterocycles. The van der Waals surface area contributed by atoms with Crippen LogP contribution in [-0.4, -0.2) is 16.9 Å². The van der Waals surface area contributed by atoms with E-state index in [1.54, 1.807) is 0 Å². The summed E-state index contributed by atoms with van der Waals surface area (Å²) in [5.74, 6) is 0.412. The van der Waals surface area contributed by atoms with E-state index in [0.29, 0.717) is 11.7 Å². The van der Waals surface area contributed by atoms with Crippen molar-refractivity contribution in [1.29, 1.82) is 0 Å². The number of carboxylic acid groups (broad SMARTS) is 1. The fourth-order valence-electron chi connectivity index (χ4n) is 4.20. The highest BCUT2D eigenvalue weighted by molar-refractivity contribution is 5.83. The molecule has 1 aliphatic rings. The summed E-state index contributed by atoms with van der Waals surface area (Å²) < 4.78 is 0. The molecule has 0 saturated heterocycles. The summed E-state index contributed by atoms with van der Waals surface area (Å²) in [6.07, 6.45) is 23.5. The molecule has 156 valence electrons. The molecular formula is C24H42O3. The highest BCUT2D eigenvalue weighted by Gasteiger charge is 2.31. The number of hydrogen-bond donors (Lipinski definition) is 1. The van der Waals surface area contributed by atoms with Crippen LogP contribution < -0.4 is 0 Å². The van der Waals surface area contributed by atoms with Crippen LogP contribution in [0.1, 0.15) is 116 Å². The largest absolute Gasteiger partial charge is 0.481 e. The predicted octanol–water partition coefficient (Wildman–Crippen LogP) is 7.09. The third-order valence-corrected chi connectivity index (χ3v) is 5.92. The van der Waals surface area contributed by atoms with Gasteiger partial charge in [-0.25, -0.2) is 0 Å². The molecule has 1 aliphatic carbocycles. The minimum atomic E-state index is -0.706. The summed E-state index contributed by atoms with van der Waals surface area (Å²) in [6, 6.07) is 0. The minimum absolute atomic E-state index is 0.222. The number of aliphatic carboxylic acids is 1. The summed E-state index contributed by atoms with van der Waals surface area (Å²) in [7, 11) is 0. The fourth-order valence-corrected chi connectivity index (χ4v) is 4.20. The maximum atomic E-state index is 12.2. The van der Waals surface area contributed by atoms with Gasteiger partial charge in [-0.2, -0.15) is 0 Å². The third-order valence-electron chi connectivity index (χ3n) is 5.92. The van der Waals surface area contributed by atoms with E-state index >= 15 is 0 Å². The van der Waals surface area contributed by atoms with Gasteiger partial charge in [0.15, 0.2) is 0 Å².